The van der Waals surface area contributed by atoms with Crippen molar-refractivity contribution in [1.29, 1.82) is 15.8 Å². The zero-order chi connectivity index (χ0) is 86.8. The molecule has 17 rings (SSSR count). The summed E-state index contributed by atoms with van der Waals surface area (Å²) in [7, 11) is 0. The van der Waals surface area contributed by atoms with Gasteiger partial charge in [-0.15, -0.1) is 0 Å². The van der Waals surface area contributed by atoms with Crippen molar-refractivity contribution in [2.24, 2.45) is 0 Å². The van der Waals surface area contributed by atoms with Gasteiger partial charge in [0, 0.05) is 103 Å². The Morgan fingerprint density at radius 2 is 0.792 bits per heavy atom. The Morgan fingerprint density at radius 1 is 0.384 bits per heavy atom. The maximum atomic E-state index is 13.3. The Hall–Kier alpha value is -15.2. The van der Waals surface area contributed by atoms with Crippen LogP contribution in [0.15, 0.2) is 261 Å². The summed E-state index contributed by atoms with van der Waals surface area (Å²) in [5.74, 6) is -0.554. The summed E-state index contributed by atoms with van der Waals surface area (Å²) < 4.78 is 11.0. The number of anilines is 6. The highest BCUT2D eigenvalue weighted by Gasteiger charge is 2.34. The molecular weight excluding hydrogens is 1570 g/mol. The van der Waals surface area contributed by atoms with Crippen molar-refractivity contribution in [2.75, 3.05) is 71.2 Å². The van der Waals surface area contributed by atoms with E-state index in [0.29, 0.717) is 114 Å². The summed E-state index contributed by atoms with van der Waals surface area (Å²) in [4.78, 5) is 108. The van der Waals surface area contributed by atoms with E-state index in [0.717, 1.165) is 127 Å². The minimum atomic E-state index is -0.360. The number of benzene rings is 11. The molecule has 25 heteroatoms. The molecule has 125 heavy (non-hydrogen) atoms. The fourth-order valence-electron chi connectivity index (χ4n) is 16.2. The number of fused-ring (bicyclic) bond motifs is 3. The standard InChI is InChI=1S/C36H33N5O4.C28H27N5O2.C28H29N3O3.C8H6N2O/c37-22-26-9-4-12-31(19-26)39-35(43)41-17-6-13-33(41)28-10-5-11-29(20-28)34(42)38-32-15-14-27-16-18-40(23-30(27)21-32)36(44)45-24-25-7-2-1-3-8-25;29-17-19-4-1-7-24(14-19)32-28(35)33-13-3-8-26(33)21-5-2-6-22(15-21)27(34)31-25-10-9-20-11-12-30-18-23(20)16-25;32-27(23-9-4-8-22(16-23)26-10-5-14-29-26)30-25-12-11-21-13-15-31(18-24(21)17-25)28(33)34-19-20-6-2-1-3-7-20;9-5-7-2-1-3-8(4-7)10-6-11/h1-5,7-12,14-15,19-21,33H,6,13,16-18,23-24H2,(H,38,42)(H,39,43);1-2,4-7,9-10,14-16,26,30H,3,8,11-13,18H2,(H,31,34)(H,32,35);1-4,6-9,11-12,16-17,26,29H,5,10,13-15,18-19H2,(H,30,32);1-4,6H,(H,10,11). The molecule has 6 aliphatic heterocycles. The van der Waals surface area contributed by atoms with Gasteiger partial charge in [-0.25, -0.2) is 19.2 Å². The van der Waals surface area contributed by atoms with E-state index in [2.05, 4.69) is 66.8 Å². The number of amides is 10. The highest BCUT2D eigenvalue weighted by Crippen LogP contribution is 2.37. The second-order valence-electron chi connectivity index (χ2n) is 31.1. The Morgan fingerprint density at radius 3 is 1.23 bits per heavy atom. The maximum absolute atomic E-state index is 13.3. The number of likely N-dealkylation sites (tertiary alicyclic amines) is 2. The smallest absolute Gasteiger partial charge is 0.410 e. The zero-order valence-corrected chi connectivity index (χ0v) is 69.0. The van der Waals surface area contributed by atoms with Crippen LogP contribution in [0.1, 0.15) is 166 Å². The molecular formula is C100H95N15O10. The van der Waals surface area contributed by atoms with E-state index in [9.17, 15) is 43.6 Å². The molecule has 11 aromatic rings. The van der Waals surface area contributed by atoms with Gasteiger partial charge in [0.1, 0.15) is 13.2 Å². The van der Waals surface area contributed by atoms with E-state index in [1.54, 1.807) is 105 Å². The number of nitrogens with one attached hydrogen (secondary N) is 8. The van der Waals surface area contributed by atoms with E-state index < -0.39 is 0 Å². The molecule has 10 amide bonds. The topological polar surface area (TPSA) is 336 Å². The average molecular weight is 1670 g/mol. The van der Waals surface area contributed by atoms with E-state index in [4.69, 9.17) is 20.0 Å². The maximum Gasteiger partial charge on any atom is 0.410 e. The van der Waals surface area contributed by atoms with E-state index in [1.165, 1.54) is 16.7 Å². The van der Waals surface area contributed by atoms with Gasteiger partial charge < -0.3 is 71.6 Å². The molecule has 0 bridgehead atoms. The largest absolute Gasteiger partial charge is 0.445 e. The first kappa shape index (κ1) is 86.2. The van der Waals surface area contributed by atoms with Gasteiger partial charge in [-0.3, -0.25) is 19.2 Å². The lowest BCUT2D eigenvalue weighted by atomic mass is 9.99. The Labute approximate surface area is 726 Å². The van der Waals surface area contributed by atoms with Gasteiger partial charge in [-0.2, -0.15) is 15.8 Å². The third-order valence-electron chi connectivity index (χ3n) is 22.6. The summed E-state index contributed by atoms with van der Waals surface area (Å²) in [6, 6.07) is 85.9. The SMILES string of the molecule is N#Cc1cccc(NC(=O)N2CCCC2c2cccc(C(=O)Nc3ccc4c(c3)CN(C(=O)OCc3ccccc3)CC4)c2)c1.N#Cc1cccc(NC(=O)N2CCCC2c2cccc(C(=O)Nc3ccc4c(c3)CNCC4)c2)c1.N#Cc1cccc(NC=O)c1.O=C(Nc1ccc2c(c1)CN(C(=O)OCc1ccccc1)CC2)c1cccc(C2CCCN2)c1. The minimum absolute atomic E-state index is 0.114. The Kier molecular flexibility index (Phi) is 29.2. The van der Waals surface area contributed by atoms with Crippen LogP contribution >= 0.6 is 0 Å². The summed E-state index contributed by atoms with van der Waals surface area (Å²) in [6.45, 7) is 6.58. The highest BCUT2D eigenvalue weighted by molar-refractivity contribution is 6.06. The third kappa shape index (κ3) is 23.3. The predicted octanol–water partition coefficient (Wildman–Crippen LogP) is 17.9. The summed E-state index contributed by atoms with van der Waals surface area (Å²) >= 11 is 0. The second-order valence-corrected chi connectivity index (χ2v) is 31.1. The van der Waals surface area contributed by atoms with Gasteiger partial charge in [0.25, 0.3) is 17.7 Å². The molecule has 8 N–H and O–H groups in total. The molecule has 25 nitrogen and oxygen atoms in total. The van der Waals surface area contributed by atoms with Crippen molar-refractivity contribution in [3.05, 3.63) is 355 Å². The fourth-order valence-corrected chi connectivity index (χ4v) is 16.2. The quantitative estimate of drug-likeness (QED) is 0.0393. The predicted molar refractivity (Wildman–Crippen MR) is 478 cm³/mol. The molecule has 0 radical (unpaired) electrons. The Balaban J connectivity index is 0.000000145. The molecule has 0 aliphatic carbocycles. The number of ether oxygens (including phenoxy) is 2. The molecule has 11 aromatic carbocycles. The minimum Gasteiger partial charge on any atom is -0.445 e. The number of carbonyl (C=O) groups is 8. The number of hydrogen-bond acceptors (Lipinski definition) is 15. The van der Waals surface area contributed by atoms with Gasteiger partial charge in [0.2, 0.25) is 6.41 Å². The van der Waals surface area contributed by atoms with Crippen LogP contribution in [0.2, 0.25) is 0 Å². The lowest BCUT2D eigenvalue weighted by Crippen LogP contribution is -2.36. The number of urea groups is 2. The van der Waals surface area contributed by atoms with Crippen molar-refractivity contribution in [3.8, 4) is 18.2 Å². The number of hydrogen-bond donors (Lipinski definition) is 8. The van der Waals surface area contributed by atoms with Gasteiger partial charge >= 0.3 is 24.2 Å². The number of carbonyl (C=O) groups excluding carboxylic acids is 8. The number of nitriles is 3. The van der Waals surface area contributed by atoms with Crippen LogP contribution in [0.25, 0.3) is 0 Å². The van der Waals surface area contributed by atoms with E-state index >= 15 is 0 Å². The van der Waals surface area contributed by atoms with Crippen molar-refractivity contribution >= 4 is 82.5 Å². The zero-order valence-electron chi connectivity index (χ0n) is 69.0. The first-order valence-corrected chi connectivity index (χ1v) is 41.9. The van der Waals surface area contributed by atoms with Gasteiger partial charge in [0.05, 0.1) is 47.0 Å². The molecule has 0 spiro atoms. The van der Waals surface area contributed by atoms with Crippen LogP contribution in [-0.4, -0.2) is 107 Å². The van der Waals surface area contributed by atoms with Crippen LogP contribution in [0.5, 0.6) is 0 Å². The van der Waals surface area contributed by atoms with Crippen molar-refractivity contribution < 1.29 is 47.8 Å². The monoisotopic (exact) mass is 1670 g/mol. The molecule has 6 aliphatic rings. The van der Waals surface area contributed by atoms with Crippen LogP contribution in [0, 0.1) is 34.0 Å². The third-order valence-corrected chi connectivity index (χ3v) is 22.6. The molecule has 3 saturated heterocycles. The molecule has 0 aromatic heterocycles. The average Bonchev–Trinajstić information content (AvgIpc) is 1.43. The van der Waals surface area contributed by atoms with Crippen LogP contribution in [0.4, 0.5) is 53.3 Å². The highest BCUT2D eigenvalue weighted by atomic mass is 16.6. The lowest BCUT2D eigenvalue weighted by Gasteiger charge is -2.28. The van der Waals surface area contributed by atoms with Crippen LogP contribution in [-0.2, 0) is 66.4 Å². The molecule has 6 heterocycles. The Bertz CT molecular complexity index is 5880. The second kappa shape index (κ2) is 42.3. The fraction of sp³-hybridized carbons (Fsp3) is 0.230. The first-order chi connectivity index (χ1) is 61.1. The number of rotatable bonds is 17. The van der Waals surface area contributed by atoms with E-state index in [1.807, 2.05) is 170 Å². The summed E-state index contributed by atoms with van der Waals surface area (Å²) in [5.41, 5.74) is 18.9. The van der Waals surface area contributed by atoms with E-state index in [-0.39, 0.29) is 67.3 Å². The lowest BCUT2D eigenvalue weighted by molar-refractivity contribution is -0.105. The normalized spacial score (nSPS) is 15.7. The number of nitrogens with zero attached hydrogens (tertiary/aromatic N) is 7. The van der Waals surface area contributed by atoms with Crippen LogP contribution in [0.3, 0.4) is 0 Å². The molecule has 3 unspecified atom stereocenters. The summed E-state index contributed by atoms with van der Waals surface area (Å²) in [5, 5.41) is 50.9. The molecule has 630 valence electrons. The molecule has 3 atom stereocenters. The van der Waals surface area contributed by atoms with Gasteiger partial charge in [0.15, 0.2) is 0 Å². The van der Waals surface area contributed by atoms with Crippen molar-refractivity contribution in [3.63, 3.8) is 0 Å². The molecule has 3 fully saturated rings. The first-order valence-electron chi connectivity index (χ1n) is 41.9. The molecule has 0 saturated carbocycles. The van der Waals surface area contributed by atoms with Crippen LogP contribution < -0.4 is 42.5 Å². The summed E-state index contributed by atoms with van der Waals surface area (Å²) in [6.07, 6.45) is 7.98. The van der Waals surface area contributed by atoms with Crippen molar-refractivity contribution in [1.82, 2.24) is 30.2 Å². The van der Waals surface area contributed by atoms with Gasteiger partial charge in [-0.1, -0.05) is 133 Å². The van der Waals surface area contributed by atoms with Gasteiger partial charge in [-0.05, 0) is 259 Å². The van der Waals surface area contributed by atoms with Crippen molar-refractivity contribution in [2.45, 2.75) is 109 Å².